The van der Waals surface area contributed by atoms with E-state index in [0.717, 1.165) is 90.2 Å². The third-order valence-corrected chi connectivity index (χ3v) is 10.7. The molecule has 6 aromatic rings. The highest BCUT2D eigenvalue weighted by atomic mass is 14.8. The summed E-state index contributed by atoms with van der Waals surface area (Å²) >= 11 is 0. The molecule has 0 atom stereocenters. The number of hydrogen-bond acceptors (Lipinski definition) is 2. The van der Waals surface area contributed by atoms with Crippen LogP contribution in [0.3, 0.4) is 0 Å². The van der Waals surface area contributed by atoms with Gasteiger partial charge < -0.3 is 0 Å². The zero-order chi connectivity index (χ0) is 39.7. The molecule has 0 fully saturated rings. The summed E-state index contributed by atoms with van der Waals surface area (Å²) in [6, 6.07) is 41.0. The van der Waals surface area contributed by atoms with Gasteiger partial charge in [-0.25, -0.2) is 0 Å². The molecule has 0 aliphatic heterocycles. The van der Waals surface area contributed by atoms with Crippen LogP contribution in [0.5, 0.6) is 0 Å². The van der Waals surface area contributed by atoms with Gasteiger partial charge in [-0.3, -0.25) is 9.98 Å². The molecule has 278 valence electrons. The molecule has 1 aromatic heterocycles. The van der Waals surface area contributed by atoms with Gasteiger partial charge in [0.1, 0.15) is 0 Å². The van der Waals surface area contributed by atoms with Crippen LogP contribution in [0, 0.1) is 0 Å². The average Bonchev–Trinajstić information content (AvgIpc) is 3.26. The first-order chi connectivity index (χ1) is 27.9. The molecule has 1 heterocycles. The zero-order valence-corrected chi connectivity index (χ0v) is 33.2. The fourth-order valence-electron chi connectivity index (χ4n) is 7.61. The lowest BCUT2D eigenvalue weighted by Crippen LogP contribution is -2.25. The largest absolute Gasteiger partial charge is 0.263 e. The van der Waals surface area contributed by atoms with E-state index < -0.39 is 0 Å². The highest BCUT2D eigenvalue weighted by Gasteiger charge is 2.16. The fourth-order valence-corrected chi connectivity index (χ4v) is 7.61. The van der Waals surface area contributed by atoms with Crippen LogP contribution in [-0.4, -0.2) is 10.7 Å². The van der Waals surface area contributed by atoms with Gasteiger partial charge in [-0.1, -0.05) is 165 Å². The summed E-state index contributed by atoms with van der Waals surface area (Å²) in [5.41, 5.74) is 15.5. The Hall–Kier alpha value is -6.90. The van der Waals surface area contributed by atoms with Crippen molar-refractivity contribution >= 4 is 39.9 Å². The van der Waals surface area contributed by atoms with Crippen LogP contribution in [0.4, 0.5) is 0 Å². The summed E-state index contributed by atoms with van der Waals surface area (Å²) in [4.78, 5) is 9.97. The number of allylic oxidation sites excluding steroid dienone is 12. The average molecular weight is 737 g/mol. The van der Waals surface area contributed by atoms with Crippen molar-refractivity contribution in [3.63, 3.8) is 0 Å². The Morgan fingerprint density at radius 3 is 2.18 bits per heavy atom. The van der Waals surface area contributed by atoms with E-state index in [1.165, 1.54) is 22.1 Å². The SMILES string of the molecule is C=C/C=C\C(=C/C)c1ccc(C(C)=N/C(c2ccc(-c3cc(/C(=C/C)C4=C(C=C)CCC=C4)cc(-c4cncc5ccccc45)c3)cc2)=c2/ccccc2=C)cc1. The van der Waals surface area contributed by atoms with E-state index in [9.17, 15) is 0 Å². The van der Waals surface area contributed by atoms with Crippen LogP contribution in [0.2, 0.25) is 0 Å². The van der Waals surface area contributed by atoms with Gasteiger partial charge in [-0.15, -0.1) is 0 Å². The van der Waals surface area contributed by atoms with E-state index >= 15 is 0 Å². The number of benzene rings is 5. The van der Waals surface area contributed by atoms with Gasteiger partial charge in [0.2, 0.25) is 0 Å². The summed E-state index contributed by atoms with van der Waals surface area (Å²) in [6.45, 7) is 18.6. The van der Waals surface area contributed by atoms with Crippen LogP contribution in [-0.2, 0) is 0 Å². The molecule has 0 spiro atoms. The second kappa shape index (κ2) is 17.7. The van der Waals surface area contributed by atoms with Gasteiger partial charge in [0.25, 0.3) is 0 Å². The topological polar surface area (TPSA) is 25.2 Å². The standard InChI is InChI=1S/C55H48N2/c1-7-11-19-40(8-2)43-27-25-42(26-28-43)39(6)57-55(51-22-15-12-18-38(51)5)45-31-29-44(30-32-45)47-33-48(50(10-4)52-23-16-13-20-41(52)9-3)35-49(34-47)54-37-56-36-46-21-14-17-24-53(46)54/h7-12,14-19,21-37H,1,3,5,13,20H2,2,4,6H3/b19-11-,40-8+,50-10-,55-51-,57-39?. The highest BCUT2D eigenvalue weighted by Crippen LogP contribution is 2.38. The maximum Gasteiger partial charge on any atom is 0.0783 e. The minimum Gasteiger partial charge on any atom is -0.263 e. The maximum absolute atomic E-state index is 5.31. The first kappa shape index (κ1) is 38.4. The third-order valence-electron chi connectivity index (χ3n) is 10.7. The molecule has 0 amide bonds. The molecule has 7 rings (SSSR count). The Kier molecular flexibility index (Phi) is 11.9. The van der Waals surface area contributed by atoms with Crippen molar-refractivity contribution in [1.82, 2.24) is 4.98 Å². The molecule has 1 aliphatic rings. The Morgan fingerprint density at radius 1 is 0.719 bits per heavy atom. The number of pyridine rings is 1. The quantitative estimate of drug-likeness (QED) is 0.0960. The predicted octanol–water partition coefficient (Wildman–Crippen LogP) is 13.0. The van der Waals surface area contributed by atoms with Gasteiger partial charge in [0.15, 0.2) is 0 Å². The van der Waals surface area contributed by atoms with E-state index in [4.69, 9.17) is 4.99 Å². The number of hydrogen-bond donors (Lipinski definition) is 0. The molecule has 5 aromatic carbocycles. The summed E-state index contributed by atoms with van der Waals surface area (Å²) in [6.07, 6.45) is 22.7. The molecule has 2 nitrogen and oxygen atoms in total. The third kappa shape index (κ3) is 8.37. The zero-order valence-electron chi connectivity index (χ0n) is 33.2. The number of aromatic nitrogens is 1. The molecule has 1 aliphatic carbocycles. The minimum absolute atomic E-state index is 0.886. The molecular formula is C55H48N2. The minimum atomic E-state index is 0.886. The molecule has 0 saturated carbocycles. The number of rotatable bonds is 11. The Balaban J connectivity index is 1.34. The van der Waals surface area contributed by atoms with E-state index in [1.807, 2.05) is 36.7 Å². The molecule has 0 N–H and O–H groups in total. The van der Waals surface area contributed by atoms with Crippen molar-refractivity contribution < 1.29 is 0 Å². The van der Waals surface area contributed by atoms with Crippen LogP contribution in [0.25, 0.3) is 56.4 Å². The monoisotopic (exact) mass is 736 g/mol. The highest BCUT2D eigenvalue weighted by molar-refractivity contribution is 6.02. The second-order valence-electron chi connectivity index (χ2n) is 14.2. The molecule has 0 saturated heterocycles. The summed E-state index contributed by atoms with van der Waals surface area (Å²) in [5, 5.41) is 4.23. The van der Waals surface area contributed by atoms with E-state index in [1.54, 1.807) is 6.08 Å². The Morgan fingerprint density at radius 2 is 1.44 bits per heavy atom. The van der Waals surface area contributed by atoms with Crippen LogP contribution in [0.15, 0.2) is 206 Å². The van der Waals surface area contributed by atoms with Crippen LogP contribution >= 0.6 is 0 Å². The van der Waals surface area contributed by atoms with E-state index in [2.05, 4.69) is 179 Å². The Labute approximate surface area is 337 Å². The molecule has 0 bridgehead atoms. The molecule has 0 unspecified atom stereocenters. The predicted molar refractivity (Wildman–Crippen MR) is 247 cm³/mol. The van der Waals surface area contributed by atoms with Crippen molar-refractivity contribution in [2.45, 2.75) is 33.6 Å². The second-order valence-corrected chi connectivity index (χ2v) is 14.2. The Bertz CT molecular complexity index is 2780. The van der Waals surface area contributed by atoms with Gasteiger partial charge in [-0.2, -0.15) is 0 Å². The smallest absolute Gasteiger partial charge is 0.0783 e. The van der Waals surface area contributed by atoms with Gasteiger partial charge in [-0.05, 0) is 118 Å². The lowest BCUT2D eigenvalue weighted by molar-refractivity contribution is 0.980. The molecule has 2 heteroatoms. The van der Waals surface area contributed by atoms with Crippen molar-refractivity contribution in [2.75, 3.05) is 0 Å². The van der Waals surface area contributed by atoms with Gasteiger partial charge in [0, 0.05) is 39.8 Å². The van der Waals surface area contributed by atoms with Crippen LogP contribution < -0.4 is 10.4 Å². The van der Waals surface area contributed by atoms with Crippen molar-refractivity contribution in [3.05, 3.63) is 233 Å². The lowest BCUT2D eigenvalue weighted by Gasteiger charge is -2.19. The van der Waals surface area contributed by atoms with Crippen molar-refractivity contribution in [1.29, 1.82) is 0 Å². The van der Waals surface area contributed by atoms with Gasteiger partial charge in [0.05, 0.1) is 5.70 Å². The molecule has 0 radical (unpaired) electrons. The van der Waals surface area contributed by atoms with Gasteiger partial charge >= 0.3 is 0 Å². The molecule has 57 heavy (non-hydrogen) atoms. The number of fused-ring (bicyclic) bond motifs is 1. The number of nitrogens with zero attached hydrogens (tertiary/aromatic N) is 2. The first-order valence-corrected chi connectivity index (χ1v) is 19.6. The van der Waals surface area contributed by atoms with Crippen LogP contribution in [0.1, 0.15) is 55.9 Å². The summed E-state index contributed by atoms with van der Waals surface area (Å²) in [7, 11) is 0. The van der Waals surface area contributed by atoms with Crippen molar-refractivity contribution in [2.24, 2.45) is 4.99 Å². The molecular weight excluding hydrogens is 689 g/mol. The number of aliphatic imine (C=N–C) groups is 1. The van der Waals surface area contributed by atoms with E-state index in [-0.39, 0.29) is 0 Å². The fraction of sp³-hybridized carbons (Fsp3) is 0.0909. The summed E-state index contributed by atoms with van der Waals surface area (Å²) < 4.78 is 0. The van der Waals surface area contributed by atoms with Crippen molar-refractivity contribution in [3.8, 4) is 22.3 Å². The normalized spacial score (nSPS) is 14.3. The lowest BCUT2D eigenvalue weighted by atomic mass is 9.85. The van der Waals surface area contributed by atoms with E-state index in [0.29, 0.717) is 0 Å². The maximum atomic E-state index is 5.31. The summed E-state index contributed by atoms with van der Waals surface area (Å²) in [5.74, 6) is 0. The first-order valence-electron chi connectivity index (χ1n) is 19.6.